The molecule has 0 aromatic heterocycles. The maximum absolute atomic E-state index is 5.74. The number of nitrogens with zero attached hydrogens (tertiary/aromatic N) is 1. The Labute approximate surface area is 110 Å². The summed E-state index contributed by atoms with van der Waals surface area (Å²) in [5.74, 6) is 1.28. The number of hydrogen-bond acceptors (Lipinski definition) is 4. The standard InChI is InChI=1S/C13H26N2OS/c1-13(2)11-15(7-9-16-13)8-10-17-12-3-5-14-6-4-12/h12,14H,3-11H2,1-2H3. The third-order valence-electron chi connectivity index (χ3n) is 3.55. The largest absolute Gasteiger partial charge is 0.373 e. The van der Waals surface area contributed by atoms with Crippen LogP contribution in [0.3, 0.4) is 0 Å². The smallest absolute Gasteiger partial charge is 0.0753 e. The quantitative estimate of drug-likeness (QED) is 0.827. The Bertz CT molecular complexity index is 229. The van der Waals surface area contributed by atoms with Gasteiger partial charge in [0.15, 0.2) is 0 Å². The van der Waals surface area contributed by atoms with Gasteiger partial charge in [0.25, 0.3) is 0 Å². The lowest BCUT2D eigenvalue weighted by atomic mass is 10.1. The predicted octanol–water partition coefficient (Wildman–Crippen LogP) is 1.58. The molecule has 3 nitrogen and oxygen atoms in total. The maximum atomic E-state index is 5.74. The summed E-state index contributed by atoms with van der Waals surface area (Å²) >= 11 is 2.17. The molecule has 0 aromatic carbocycles. The van der Waals surface area contributed by atoms with E-state index in [-0.39, 0.29) is 5.60 Å². The Kier molecular flexibility index (Phi) is 5.15. The van der Waals surface area contributed by atoms with E-state index >= 15 is 0 Å². The summed E-state index contributed by atoms with van der Waals surface area (Å²) in [6.45, 7) is 11.1. The second kappa shape index (κ2) is 6.41. The van der Waals surface area contributed by atoms with Crippen LogP contribution < -0.4 is 5.32 Å². The zero-order valence-electron chi connectivity index (χ0n) is 11.2. The average Bonchev–Trinajstić information content (AvgIpc) is 2.29. The molecule has 0 bridgehead atoms. The van der Waals surface area contributed by atoms with Gasteiger partial charge in [-0.1, -0.05) is 0 Å². The molecule has 2 saturated heterocycles. The molecule has 2 aliphatic heterocycles. The second-order valence-corrected chi connectivity index (χ2v) is 7.11. The van der Waals surface area contributed by atoms with Gasteiger partial charge in [-0.2, -0.15) is 11.8 Å². The predicted molar refractivity (Wildman–Crippen MR) is 74.8 cm³/mol. The molecule has 0 unspecified atom stereocenters. The lowest BCUT2D eigenvalue weighted by Gasteiger charge is -2.38. The summed E-state index contributed by atoms with van der Waals surface area (Å²) in [5.41, 5.74) is 0.0532. The highest BCUT2D eigenvalue weighted by atomic mass is 32.2. The zero-order valence-corrected chi connectivity index (χ0v) is 12.0. The van der Waals surface area contributed by atoms with Gasteiger partial charge < -0.3 is 10.1 Å². The van der Waals surface area contributed by atoms with Gasteiger partial charge >= 0.3 is 0 Å². The summed E-state index contributed by atoms with van der Waals surface area (Å²) in [6, 6.07) is 0. The lowest BCUT2D eigenvalue weighted by Crippen LogP contribution is -2.48. The number of ether oxygens (including phenoxy) is 1. The van der Waals surface area contributed by atoms with Crippen LogP contribution in [0.15, 0.2) is 0 Å². The highest BCUT2D eigenvalue weighted by Gasteiger charge is 2.26. The van der Waals surface area contributed by atoms with Gasteiger partial charge in [0.2, 0.25) is 0 Å². The van der Waals surface area contributed by atoms with E-state index in [0.717, 1.165) is 24.9 Å². The van der Waals surface area contributed by atoms with Gasteiger partial charge in [0, 0.05) is 30.6 Å². The Morgan fingerprint density at radius 2 is 2.12 bits per heavy atom. The number of piperidine rings is 1. The first kappa shape index (κ1) is 13.7. The molecule has 2 aliphatic rings. The van der Waals surface area contributed by atoms with Crippen LogP contribution in [0.2, 0.25) is 0 Å². The molecule has 4 heteroatoms. The van der Waals surface area contributed by atoms with Crippen LogP contribution in [0.5, 0.6) is 0 Å². The first-order chi connectivity index (χ1) is 8.16. The third kappa shape index (κ3) is 4.78. The molecule has 0 radical (unpaired) electrons. The fourth-order valence-electron chi connectivity index (χ4n) is 2.62. The van der Waals surface area contributed by atoms with Gasteiger partial charge in [-0.05, 0) is 39.8 Å². The fourth-order valence-corrected chi connectivity index (χ4v) is 3.88. The van der Waals surface area contributed by atoms with E-state index < -0.39 is 0 Å². The number of nitrogens with one attached hydrogen (secondary N) is 1. The molecule has 2 heterocycles. The minimum atomic E-state index is 0.0532. The fraction of sp³-hybridized carbons (Fsp3) is 1.00. The molecule has 1 N–H and O–H groups in total. The van der Waals surface area contributed by atoms with Crippen molar-refractivity contribution in [1.82, 2.24) is 10.2 Å². The van der Waals surface area contributed by atoms with Crippen molar-refractivity contribution >= 4 is 11.8 Å². The van der Waals surface area contributed by atoms with Crippen molar-refractivity contribution in [2.24, 2.45) is 0 Å². The normalized spacial score (nSPS) is 27.2. The van der Waals surface area contributed by atoms with E-state index in [4.69, 9.17) is 4.74 Å². The van der Waals surface area contributed by atoms with Crippen LogP contribution >= 0.6 is 11.8 Å². The first-order valence-electron chi connectivity index (χ1n) is 6.84. The molecule has 100 valence electrons. The minimum absolute atomic E-state index is 0.0532. The van der Waals surface area contributed by atoms with Gasteiger partial charge in [0.1, 0.15) is 0 Å². The van der Waals surface area contributed by atoms with Crippen LogP contribution in [-0.2, 0) is 4.74 Å². The zero-order chi connectivity index (χ0) is 12.1. The van der Waals surface area contributed by atoms with E-state index in [1.807, 2.05) is 0 Å². The molecule has 0 amide bonds. The monoisotopic (exact) mass is 258 g/mol. The Hall–Kier alpha value is 0.230. The van der Waals surface area contributed by atoms with E-state index in [1.165, 1.54) is 38.2 Å². The van der Waals surface area contributed by atoms with Crippen molar-refractivity contribution in [2.45, 2.75) is 37.5 Å². The first-order valence-corrected chi connectivity index (χ1v) is 7.89. The van der Waals surface area contributed by atoms with Crippen LogP contribution in [0, 0.1) is 0 Å². The molecule has 0 spiro atoms. The Morgan fingerprint density at radius 3 is 2.82 bits per heavy atom. The Balaban J connectivity index is 1.61. The average molecular weight is 258 g/mol. The number of rotatable bonds is 4. The lowest BCUT2D eigenvalue weighted by molar-refractivity contribution is -0.0842. The molecule has 0 aromatic rings. The van der Waals surface area contributed by atoms with Crippen LogP contribution in [-0.4, -0.2) is 60.8 Å². The second-order valence-electron chi connectivity index (χ2n) is 5.70. The number of morpholine rings is 1. The van der Waals surface area contributed by atoms with Crippen LogP contribution in [0.25, 0.3) is 0 Å². The van der Waals surface area contributed by atoms with Crippen molar-refractivity contribution in [3.05, 3.63) is 0 Å². The van der Waals surface area contributed by atoms with Crippen molar-refractivity contribution in [2.75, 3.05) is 45.1 Å². The molecular formula is C13H26N2OS. The summed E-state index contributed by atoms with van der Waals surface area (Å²) in [5, 5.41) is 4.32. The van der Waals surface area contributed by atoms with Crippen molar-refractivity contribution in [3.63, 3.8) is 0 Å². The molecule has 0 atom stereocenters. The topological polar surface area (TPSA) is 24.5 Å². The summed E-state index contributed by atoms with van der Waals surface area (Å²) in [6.07, 6.45) is 2.69. The van der Waals surface area contributed by atoms with E-state index in [1.54, 1.807) is 0 Å². The molecule has 2 rings (SSSR count). The molecular weight excluding hydrogens is 232 g/mol. The van der Waals surface area contributed by atoms with Gasteiger partial charge in [0.05, 0.1) is 12.2 Å². The highest BCUT2D eigenvalue weighted by molar-refractivity contribution is 7.99. The number of thioether (sulfide) groups is 1. The van der Waals surface area contributed by atoms with Crippen molar-refractivity contribution in [1.29, 1.82) is 0 Å². The van der Waals surface area contributed by atoms with Gasteiger partial charge in [-0.3, -0.25) is 4.90 Å². The summed E-state index contributed by atoms with van der Waals surface area (Å²) in [4.78, 5) is 2.55. The Morgan fingerprint density at radius 1 is 1.35 bits per heavy atom. The van der Waals surface area contributed by atoms with Gasteiger partial charge in [-0.15, -0.1) is 0 Å². The van der Waals surface area contributed by atoms with Crippen LogP contribution in [0.4, 0.5) is 0 Å². The van der Waals surface area contributed by atoms with Crippen molar-refractivity contribution < 1.29 is 4.74 Å². The van der Waals surface area contributed by atoms with E-state index in [2.05, 4.69) is 35.8 Å². The third-order valence-corrected chi connectivity index (χ3v) is 4.91. The summed E-state index contributed by atoms with van der Waals surface area (Å²) < 4.78 is 5.74. The van der Waals surface area contributed by atoms with E-state index in [0.29, 0.717) is 0 Å². The van der Waals surface area contributed by atoms with Crippen LogP contribution in [0.1, 0.15) is 26.7 Å². The molecule has 0 saturated carbocycles. The number of hydrogen-bond donors (Lipinski definition) is 1. The van der Waals surface area contributed by atoms with Crippen molar-refractivity contribution in [3.8, 4) is 0 Å². The van der Waals surface area contributed by atoms with Gasteiger partial charge in [-0.25, -0.2) is 0 Å². The van der Waals surface area contributed by atoms with E-state index in [9.17, 15) is 0 Å². The molecule has 0 aliphatic carbocycles. The highest BCUT2D eigenvalue weighted by Crippen LogP contribution is 2.21. The molecule has 17 heavy (non-hydrogen) atoms. The SMILES string of the molecule is CC1(C)CN(CCSC2CCNCC2)CCO1. The minimum Gasteiger partial charge on any atom is -0.373 e. The molecule has 2 fully saturated rings. The summed E-state index contributed by atoms with van der Waals surface area (Å²) in [7, 11) is 0. The maximum Gasteiger partial charge on any atom is 0.0753 e.